The van der Waals surface area contributed by atoms with Crippen molar-refractivity contribution in [3.8, 4) is 0 Å². The summed E-state index contributed by atoms with van der Waals surface area (Å²) in [5.41, 5.74) is 3.19. The number of piperazine rings is 1. The van der Waals surface area contributed by atoms with Gasteiger partial charge in [-0.1, -0.05) is 18.5 Å². The molecule has 0 bridgehead atoms. The van der Waals surface area contributed by atoms with Gasteiger partial charge < -0.3 is 4.90 Å². The van der Waals surface area contributed by atoms with Crippen LogP contribution in [0.5, 0.6) is 0 Å². The number of benzene rings is 1. The largest absolute Gasteiger partial charge is 0.340 e. The van der Waals surface area contributed by atoms with E-state index in [2.05, 4.69) is 5.10 Å². The standard InChI is InChI=1S/C20H27ClN4O3S/c1-14(13-25-17(4)15(2)16(3)22-25)20(26)23-9-11-24(12-10-23)29(27,28)19-7-5-18(21)6-8-19/h5-8,14H,9-13H2,1-4H3/t14-/m0/s1. The molecule has 2 aromatic rings. The van der Waals surface area contributed by atoms with Gasteiger partial charge in [0.15, 0.2) is 0 Å². The molecule has 0 saturated carbocycles. The van der Waals surface area contributed by atoms with Crippen LogP contribution in [0.15, 0.2) is 29.2 Å². The molecule has 1 saturated heterocycles. The zero-order valence-corrected chi connectivity index (χ0v) is 18.8. The van der Waals surface area contributed by atoms with Gasteiger partial charge in [-0.05, 0) is 50.6 Å². The average molecular weight is 439 g/mol. The summed E-state index contributed by atoms with van der Waals surface area (Å²) in [5, 5.41) is 5.00. The fourth-order valence-electron chi connectivity index (χ4n) is 3.52. The van der Waals surface area contributed by atoms with Crippen LogP contribution in [0, 0.1) is 26.7 Å². The Balaban J connectivity index is 1.61. The Bertz CT molecular complexity index is 993. The van der Waals surface area contributed by atoms with Gasteiger partial charge >= 0.3 is 0 Å². The molecule has 1 amide bonds. The quantitative estimate of drug-likeness (QED) is 0.719. The molecule has 1 fully saturated rings. The fraction of sp³-hybridized carbons (Fsp3) is 0.500. The molecule has 0 aliphatic carbocycles. The maximum absolute atomic E-state index is 12.9. The predicted molar refractivity (Wildman–Crippen MR) is 112 cm³/mol. The van der Waals surface area contributed by atoms with E-state index in [0.717, 1.165) is 17.0 Å². The van der Waals surface area contributed by atoms with E-state index in [-0.39, 0.29) is 29.8 Å². The van der Waals surface area contributed by atoms with E-state index in [0.29, 0.717) is 24.7 Å². The number of aromatic nitrogens is 2. The molecule has 1 aromatic carbocycles. The molecule has 1 aliphatic rings. The highest BCUT2D eigenvalue weighted by Gasteiger charge is 2.31. The first kappa shape index (κ1) is 21.8. The smallest absolute Gasteiger partial charge is 0.243 e. The predicted octanol–water partition coefficient (Wildman–Crippen LogP) is 2.63. The zero-order chi connectivity index (χ0) is 21.3. The number of nitrogens with zero attached hydrogens (tertiary/aromatic N) is 4. The minimum Gasteiger partial charge on any atom is -0.340 e. The summed E-state index contributed by atoms with van der Waals surface area (Å²) in [4.78, 5) is 14.8. The van der Waals surface area contributed by atoms with Gasteiger partial charge in [0.05, 0.1) is 23.1 Å². The second-order valence-corrected chi connectivity index (χ2v) is 9.94. The number of rotatable bonds is 5. The second-order valence-electron chi connectivity index (χ2n) is 7.56. The summed E-state index contributed by atoms with van der Waals surface area (Å²) >= 11 is 5.85. The number of carbonyl (C=O) groups is 1. The fourth-order valence-corrected chi connectivity index (χ4v) is 5.07. The highest BCUT2D eigenvalue weighted by Crippen LogP contribution is 2.21. The first-order valence-corrected chi connectivity index (χ1v) is 11.5. The Hall–Kier alpha value is -1.90. The molecule has 1 atom stereocenters. The van der Waals surface area contributed by atoms with Gasteiger partial charge in [0.25, 0.3) is 0 Å². The summed E-state index contributed by atoms with van der Waals surface area (Å²) in [6.07, 6.45) is 0. The molecule has 0 spiro atoms. The number of carbonyl (C=O) groups excluding carboxylic acids is 1. The lowest BCUT2D eigenvalue weighted by Gasteiger charge is -2.35. The molecule has 158 valence electrons. The van der Waals surface area contributed by atoms with Crippen LogP contribution in [-0.2, 0) is 21.4 Å². The first-order chi connectivity index (χ1) is 13.6. The molecule has 1 aliphatic heterocycles. The summed E-state index contributed by atoms with van der Waals surface area (Å²) in [5.74, 6) is -0.203. The number of hydrogen-bond donors (Lipinski definition) is 0. The molecule has 9 heteroatoms. The Morgan fingerprint density at radius 1 is 1.10 bits per heavy atom. The lowest BCUT2D eigenvalue weighted by molar-refractivity contribution is -0.136. The van der Waals surface area contributed by atoms with E-state index in [9.17, 15) is 13.2 Å². The van der Waals surface area contributed by atoms with Crippen LogP contribution in [0.1, 0.15) is 23.9 Å². The Kier molecular flexibility index (Phi) is 6.36. The molecule has 1 aromatic heterocycles. The monoisotopic (exact) mass is 438 g/mol. The van der Waals surface area contributed by atoms with Crippen molar-refractivity contribution in [2.24, 2.45) is 5.92 Å². The van der Waals surface area contributed by atoms with E-state index in [1.54, 1.807) is 17.0 Å². The molecule has 7 nitrogen and oxygen atoms in total. The van der Waals surface area contributed by atoms with Crippen molar-refractivity contribution in [3.63, 3.8) is 0 Å². The van der Waals surface area contributed by atoms with Crippen molar-refractivity contribution < 1.29 is 13.2 Å². The summed E-state index contributed by atoms with van der Waals surface area (Å²) in [6, 6.07) is 6.15. The first-order valence-electron chi connectivity index (χ1n) is 9.66. The third-order valence-corrected chi connectivity index (χ3v) is 7.78. The summed E-state index contributed by atoms with van der Waals surface area (Å²) in [6.45, 7) is 9.73. The third-order valence-electron chi connectivity index (χ3n) is 5.61. The van der Waals surface area contributed by atoms with Crippen LogP contribution in [0.4, 0.5) is 0 Å². The number of hydrogen-bond acceptors (Lipinski definition) is 4. The van der Waals surface area contributed by atoms with Gasteiger partial charge in [-0.15, -0.1) is 0 Å². The molecule has 29 heavy (non-hydrogen) atoms. The van der Waals surface area contributed by atoms with Crippen molar-refractivity contribution in [2.45, 2.75) is 39.1 Å². The van der Waals surface area contributed by atoms with Crippen LogP contribution in [0.2, 0.25) is 5.02 Å². The number of sulfonamides is 1. The minimum absolute atomic E-state index is 0.0266. The second kappa shape index (κ2) is 8.45. The van der Waals surface area contributed by atoms with Crippen LogP contribution < -0.4 is 0 Å². The minimum atomic E-state index is -3.58. The molecular formula is C20H27ClN4O3S. The van der Waals surface area contributed by atoms with Crippen molar-refractivity contribution >= 4 is 27.5 Å². The maximum Gasteiger partial charge on any atom is 0.243 e. The number of aryl methyl sites for hydroxylation is 1. The number of amides is 1. The van der Waals surface area contributed by atoms with E-state index >= 15 is 0 Å². The molecule has 2 heterocycles. The van der Waals surface area contributed by atoms with E-state index in [1.807, 2.05) is 32.4 Å². The van der Waals surface area contributed by atoms with E-state index in [1.165, 1.54) is 16.4 Å². The van der Waals surface area contributed by atoms with Gasteiger partial charge in [0.1, 0.15) is 0 Å². The average Bonchev–Trinajstić information content (AvgIpc) is 2.94. The van der Waals surface area contributed by atoms with E-state index in [4.69, 9.17) is 11.6 Å². The molecule has 3 rings (SSSR count). The molecule has 0 unspecified atom stereocenters. The van der Waals surface area contributed by atoms with Crippen molar-refractivity contribution in [3.05, 3.63) is 46.2 Å². The zero-order valence-electron chi connectivity index (χ0n) is 17.2. The van der Waals surface area contributed by atoms with Crippen molar-refractivity contribution in [1.29, 1.82) is 0 Å². The van der Waals surface area contributed by atoms with Gasteiger partial charge in [0, 0.05) is 36.9 Å². The van der Waals surface area contributed by atoms with Crippen molar-refractivity contribution in [2.75, 3.05) is 26.2 Å². The molecule has 0 N–H and O–H groups in total. The van der Waals surface area contributed by atoms with Crippen molar-refractivity contribution in [1.82, 2.24) is 19.0 Å². The molecular weight excluding hydrogens is 412 g/mol. The van der Waals surface area contributed by atoms with Crippen LogP contribution >= 0.6 is 11.6 Å². The Morgan fingerprint density at radius 3 is 2.21 bits per heavy atom. The topological polar surface area (TPSA) is 75.5 Å². The van der Waals surface area contributed by atoms with E-state index < -0.39 is 10.0 Å². The summed E-state index contributed by atoms with van der Waals surface area (Å²) in [7, 11) is -3.58. The normalized spacial score (nSPS) is 16.8. The summed E-state index contributed by atoms with van der Waals surface area (Å²) < 4.78 is 28.9. The lowest BCUT2D eigenvalue weighted by Crippen LogP contribution is -2.52. The van der Waals surface area contributed by atoms with Gasteiger partial charge in [-0.25, -0.2) is 8.42 Å². The highest BCUT2D eigenvalue weighted by atomic mass is 35.5. The van der Waals surface area contributed by atoms with Crippen LogP contribution in [0.25, 0.3) is 0 Å². The maximum atomic E-state index is 12.9. The van der Waals surface area contributed by atoms with Gasteiger partial charge in [-0.3, -0.25) is 9.48 Å². The van der Waals surface area contributed by atoms with Gasteiger partial charge in [0.2, 0.25) is 15.9 Å². The Labute approximate surface area is 177 Å². The third kappa shape index (κ3) is 4.49. The van der Waals surface area contributed by atoms with Crippen LogP contribution in [-0.4, -0.2) is 59.5 Å². The highest BCUT2D eigenvalue weighted by molar-refractivity contribution is 7.89. The SMILES string of the molecule is Cc1nn(C[C@H](C)C(=O)N2CCN(S(=O)(=O)c3ccc(Cl)cc3)CC2)c(C)c1C. The Morgan fingerprint density at radius 2 is 1.69 bits per heavy atom. The molecule has 0 radical (unpaired) electrons. The number of halogens is 1. The van der Waals surface area contributed by atoms with Crippen LogP contribution in [0.3, 0.4) is 0 Å². The lowest BCUT2D eigenvalue weighted by atomic mass is 10.1. The van der Waals surface area contributed by atoms with Gasteiger partial charge in [-0.2, -0.15) is 9.40 Å².